The van der Waals surface area contributed by atoms with E-state index in [-0.39, 0.29) is 18.9 Å². The van der Waals surface area contributed by atoms with Crippen LogP contribution in [0.25, 0.3) is 0 Å². The van der Waals surface area contributed by atoms with Crippen LogP contribution in [0.15, 0.2) is 48.6 Å². The molecule has 0 bridgehead atoms. The van der Waals surface area contributed by atoms with Crippen LogP contribution in [0.3, 0.4) is 0 Å². The third-order valence-corrected chi connectivity index (χ3v) is 16.6. The van der Waals surface area contributed by atoms with E-state index < -0.39 is 124 Å². The number of hydrogen-bond donors (Lipinski definition) is 12. The normalized spacial score (nSPS) is 29.3. The Balaban J connectivity index is 1.48. The Morgan fingerprint density at radius 1 is 0.424 bits per heavy atom. The van der Waals surface area contributed by atoms with Gasteiger partial charge in [-0.05, 0) is 57.8 Å². The van der Waals surface area contributed by atoms with E-state index in [2.05, 4.69) is 55.6 Å². The van der Waals surface area contributed by atoms with E-state index in [1.54, 1.807) is 6.08 Å². The zero-order valence-corrected chi connectivity index (χ0v) is 52.1. The van der Waals surface area contributed by atoms with Gasteiger partial charge in [0, 0.05) is 6.42 Å². The molecule has 3 aliphatic rings. The fraction of sp³-hybridized carbons (Fsp3) is 0.864. The van der Waals surface area contributed by atoms with E-state index in [1.807, 2.05) is 6.08 Å². The monoisotopic (exact) mass is 1210 g/mol. The number of carbonyl (C=O) groups is 1. The first-order chi connectivity index (χ1) is 41.3. The molecule has 17 unspecified atom stereocenters. The van der Waals surface area contributed by atoms with E-state index in [0.29, 0.717) is 6.42 Å². The van der Waals surface area contributed by atoms with E-state index in [9.17, 15) is 61.0 Å². The van der Waals surface area contributed by atoms with Crippen molar-refractivity contribution in [3.05, 3.63) is 48.6 Å². The van der Waals surface area contributed by atoms with Crippen LogP contribution in [0.2, 0.25) is 0 Å². The molecule has 0 saturated carbocycles. The van der Waals surface area contributed by atoms with Crippen molar-refractivity contribution >= 4 is 5.91 Å². The fourth-order valence-electron chi connectivity index (χ4n) is 11.1. The predicted octanol–water partition coefficient (Wildman–Crippen LogP) is 7.83. The molecule has 12 N–H and O–H groups in total. The highest BCUT2D eigenvalue weighted by molar-refractivity contribution is 5.76. The Bertz CT molecular complexity index is 1740. The number of nitrogens with one attached hydrogen (secondary N) is 1. The second kappa shape index (κ2) is 48.6. The minimum Gasteiger partial charge on any atom is -0.394 e. The fourth-order valence-corrected chi connectivity index (χ4v) is 11.1. The van der Waals surface area contributed by atoms with Gasteiger partial charge in [0.15, 0.2) is 18.9 Å². The largest absolute Gasteiger partial charge is 0.394 e. The molecule has 3 rings (SSSR count). The van der Waals surface area contributed by atoms with Crippen LogP contribution in [-0.4, -0.2) is 193 Å². The average Bonchev–Trinajstić information content (AvgIpc) is 3.10. The summed E-state index contributed by atoms with van der Waals surface area (Å²) >= 11 is 0. The number of aliphatic hydroxyl groups excluding tert-OH is 11. The van der Waals surface area contributed by atoms with Crippen LogP contribution in [0, 0.1) is 0 Å². The van der Waals surface area contributed by atoms with E-state index in [0.717, 1.165) is 77.0 Å². The van der Waals surface area contributed by atoms with Crippen LogP contribution in [0.1, 0.15) is 232 Å². The molecule has 0 aromatic carbocycles. The number of hydrogen-bond acceptors (Lipinski definition) is 18. The van der Waals surface area contributed by atoms with Crippen molar-refractivity contribution in [2.75, 3.05) is 26.4 Å². The molecule has 0 aliphatic carbocycles. The molecule has 3 fully saturated rings. The lowest BCUT2D eigenvalue weighted by Gasteiger charge is -2.48. The Morgan fingerprint density at radius 2 is 0.776 bits per heavy atom. The summed E-state index contributed by atoms with van der Waals surface area (Å²) in [6.07, 6.45) is 29.3. The topological polar surface area (TPSA) is 307 Å². The first kappa shape index (κ1) is 77.0. The summed E-state index contributed by atoms with van der Waals surface area (Å²) in [5.74, 6) is -0.288. The van der Waals surface area contributed by atoms with Gasteiger partial charge < -0.3 is 89.9 Å². The highest BCUT2D eigenvalue weighted by atomic mass is 16.8. The van der Waals surface area contributed by atoms with Crippen molar-refractivity contribution in [1.29, 1.82) is 0 Å². The maximum Gasteiger partial charge on any atom is 0.220 e. The summed E-state index contributed by atoms with van der Waals surface area (Å²) < 4.78 is 34.3. The number of carbonyl (C=O) groups excluding carboxylic acids is 1. The highest BCUT2D eigenvalue weighted by Gasteiger charge is 2.53. The first-order valence-electron chi connectivity index (χ1n) is 33.4. The maximum atomic E-state index is 13.4. The Hall–Kier alpha value is -2.25. The van der Waals surface area contributed by atoms with Gasteiger partial charge in [0.2, 0.25) is 5.91 Å². The number of ether oxygens (including phenoxy) is 6. The van der Waals surface area contributed by atoms with Gasteiger partial charge in [-0.15, -0.1) is 0 Å². The average molecular weight is 1210 g/mol. The number of allylic oxidation sites excluding steroid dienone is 7. The molecule has 19 nitrogen and oxygen atoms in total. The van der Waals surface area contributed by atoms with E-state index in [4.69, 9.17) is 28.4 Å². The second-order valence-electron chi connectivity index (χ2n) is 23.9. The summed E-state index contributed by atoms with van der Waals surface area (Å²) in [4.78, 5) is 13.4. The molecule has 496 valence electrons. The van der Waals surface area contributed by atoms with Gasteiger partial charge in [-0.1, -0.05) is 217 Å². The molecule has 3 saturated heterocycles. The van der Waals surface area contributed by atoms with Crippen molar-refractivity contribution < 1.29 is 89.4 Å². The summed E-state index contributed by atoms with van der Waals surface area (Å²) in [5, 5.41) is 120. The lowest BCUT2D eigenvalue weighted by molar-refractivity contribution is -0.379. The Kier molecular flexibility index (Phi) is 44.0. The van der Waals surface area contributed by atoms with Crippen molar-refractivity contribution in [2.45, 2.75) is 336 Å². The molecule has 0 aromatic rings. The van der Waals surface area contributed by atoms with Crippen LogP contribution in [-0.2, 0) is 33.2 Å². The number of rotatable bonds is 50. The lowest BCUT2D eigenvalue weighted by Crippen LogP contribution is -2.66. The van der Waals surface area contributed by atoms with Crippen LogP contribution in [0.5, 0.6) is 0 Å². The van der Waals surface area contributed by atoms with Gasteiger partial charge in [0.05, 0.1) is 38.6 Å². The third-order valence-electron chi connectivity index (χ3n) is 16.6. The van der Waals surface area contributed by atoms with Gasteiger partial charge in [0.25, 0.3) is 0 Å². The molecule has 19 heteroatoms. The van der Waals surface area contributed by atoms with Gasteiger partial charge >= 0.3 is 0 Å². The molecular weight excluding hydrogens is 1090 g/mol. The number of amides is 1. The molecule has 1 amide bonds. The maximum absolute atomic E-state index is 13.4. The van der Waals surface area contributed by atoms with Crippen molar-refractivity contribution in [2.24, 2.45) is 0 Å². The zero-order valence-electron chi connectivity index (χ0n) is 52.1. The number of unbranched alkanes of at least 4 members (excludes halogenated alkanes) is 28. The second-order valence-corrected chi connectivity index (χ2v) is 23.9. The molecule has 17 atom stereocenters. The smallest absolute Gasteiger partial charge is 0.220 e. The molecule has 3 aliphatic heterocycles. The van der Waals surface area contributed by atoms with Crippen molar-refractivity contribution in [1.82, 2.24) is 5.32 Å². The summed E-state index contributed by atoms with van der Waals surface area (Å²) in [6, 6.07) is -0.982. The zero-order chi connectivity index (χ0) is 61.9. The third kappa shape index (κ3) is 31.4. The molecule has 3 heterocycles. The highest BCUT2D eigenvalue weighted by Crippen LogP contribution is 2.33. The van der Waals surface area contributed by atoms with Crippen LogP contribution < -0.4 is 5.32 Å². The summed E-state index contributed by atoms with van der Waals surface area (Å²) in [6.45, 7) is 1.72. The lowest BCUT2D eigenvalue weighted by atomic mass is 9.96. The number of aliphatic hydroxyl groups is 11. The Labute approximate surface area is 510 Å². The van der Waals surface area contributed by atoms with Crippen LogP contribution in [0.4, 0.5) is 0 Å². The van der Waals surface area contributed by atoms with Gasteiger partial charge in [-0.25, -0.2) is 0 Å². The Morgan fingerprint density at radius 3 is 1.21 bits per heavy atom. The van der Waals surface area contributed by atoms with Crippen LogP contribution >= 0.6 is 0 Å². The summed E-state index contributed by atoms with van der Waals surface area (Å²) in [5.41, 5.74) is 0. The van der Waals surface area contributed by atoms with Gasteiger partial charge in [-0.2, -0.15) is 0 Å². The van der Waals surface area contributed by atoms with Gasteiger partial charge in [0.1, 0.15) is 73.2 Å². The standard InChI is InChI=1S/C66H119NO18/c1-3-5-7-9-11-13-15-17-19-21-23-24-26-28-30-32-34-36-38-40-42-44-54(72)67-49(50(71)43-41-39-37-35-33-31-29-27-25-22-20-18-16-14-12-10-8-6-4-2)48-80-64-60(78)57(75)62(52(46-69)82-64)85-66-61(79)58(76)63(53(47-70)83-66)84-65-59(77)56(74)55(73)51(45-68)81-65/h15,17,21,23,26,28,41,43,49-53,55-66,68-71,73-79H,3-14,16,18-20,22,24-25,27,29-40,42,44-48H2,1-2H3,(H,67,72)/b17-15-,23-21-,28-26-,43-41+. The van der Waals surface area contributed by atoms with Crippen molar-refractivity contribution in [3.8, 4) is 0 Å². The van der Waals surface area contributed by atoms with Crippen molar-refractivity contribution in [3.63, 3.8) is 0 Å². The minimum absolute atomic E-state index is 0.228. The predicted molar refractivity (Wildman–Crippen MR) is 328 cm³/mol. The molecule has 0 aromatic heterocycles. The molecule has 0 radical (unpaired) electrons. The minimum atomic E-state index is -1.98. The molecular formula is C66H119NO18. The van der Waals surface area contributed by atoms with E-state index >= 15 is 0 Å². The quantitative estimate of drug-likeness (QED) is 0.0204. The summed E-state index contributed by atoms with van der Waals surface area (Å²) in [7, 11) is 0. The first-order valence-corrected chi connectivity index (χ1v) is 33.4. The van der Waals surface area contributed by atoms with E-state index in [1.165, 1.54) is 128 Å². The SMILES string of the molecule is CCCCCCC/C=C\C/C=C\C/C=C\CCCCCCCCC(=O)NC(COC1OC(CO)C(OC2OC(CO)C(OC3OC(CO)C(O)C(O)C3O)C(O)C2O)C(O)C1O)C(O)/C=C/CCCCCCCCCCCCCCCCCCC. The molecule has 0 spiro atoms. The molecule has 85 heavy (non-hydrogen) atoms. The van der Waals surface area contributed by atoms with Gasteiger partial charge in [-0.3, -0.25) is 4.79 Å².